The first-order valence-electron chi connectivity index (χ1n) is 13.2. The Balaban J connectivity index is 1.41. The van der Waals surface area contributed by atoms with E-state index in [1.165, 1.54) is 115 Å². The van der Waals surface area contributed by atoms with Crippen molar-refractivity contribution in [3.05, 3.63) is 35.9 Å². The molecule has 1 aliphatic heterocycles. The molecule has 1 heterocycles. The summed E-state index contributed by atoms with van der Waals surface area (Å²) >= 11 is 0. The lowest BCUT2D eigenvalue weighted by atomic mass is 9.98. The number of nitrogens with zero attached hydrogens (tertiary/aromatic N) is 2. The summed E-state index contributed by atoms with van der Waals surface area (Å²) in [6, 6.07) is 11.5. The van der Waals surface area contributed by atoms with E-state index in [1.54, 1.807) is 0 Å². The van der Waals surface area contributed by atoms with Gasteiger partial charge in [0.15, 0.2) is 0 Å². The number of unbranched alkanes of at least 4 members (excludes halogenated alkanes) is 15. The van der Waals surface area contributed by atoms with Gasteiger partial charge in [0.25, 0.3) is 0 Å². The van der Waals surface area contributed by atoms with Gasteiger partial charge in [0.1, 0.15) is 0 Å². The molecule has 0 bridgehead atoms. The Morgan fingerprint density at radius 2 is 1.20 bits per heavy atom. The van der Waals surface area contributed by atoms with Crippen molar-refractivity contribution in [1.29, 1.82) is 0 Å². The van der Waals surface area contributed by atoms with E-state index in [-0.39, 0.29) is 0 Å². The van der Waals surface area contributed by atoms with Crippen LogP contribution < -0.4 is 0 Å². The molecule has 0 saturated heterocycles. The lowest BCUT2D eigenvalue weighted by molar-refractivity contribution is 0.322. The molecule has 1 atom stereocenters. The fourth-order valence-corrected chi connectivity index (χ4v) is 4.71. The Morgan fingerprint density at radius 1 is 0.700 bits per heavy atom. The van der Waals surface area contributed by atoms with Crippen LogP contribution in [0.5, 0.6) is 0 Å². The lowest BCUT2D eigenvalue weighted by Gasteiger charge is -2.27. The van der Waals surface area contributed by atoms with Crippen LogP contribution in [-0.2, 0) is 0 Å². The van der Waals surface area contributed by atoms with E-state index in [0.717, 1.165) is 13.1 Å². The number of hydrogen-bond donors (Lipinski definition) is 0. The van der Waals surface area contributed by atoms with Gasteiger partial charge in [-0.15, -0.1) is 0 Å². The average Bonchev–Trinajstić information content (AvgIpc) is 3.31. The minimum absolute atomic E-state index is 0.518. The van der Waals surface area contributed by atoms with E-state index in [2.05, 4.69) is 53.5 Å². The average molecular weight is 413 g/mol. The van der Waals surface area contributed by atoms with Gasteiger partial charge in [0.2, 0.25) is 0 Å². The highest BCUT2D eigenvalue weighted by atomic mass is 15.2. The molecule has 0 fully saturated rings. The third-order valence-corrected chi connectivity index (χ3v) is 6.63. The van der Waals surface area contributed by atoms with Crippen molar-refractivity contribution in [2.75, 3.05) is 13.1 Å². The highest BCUT2D eigenvalue weighted by molar-refractivity contribution is 5.58. The summed E-state index contributed by atoms with van der Waals surface area (Å²) in [5.41, 5.74) is 1.45. The first-order chi connectivity index (χ1) is 14.9. The van der Waals surface area contributed by atoms with Crippen LogP contribution >= 0.6 is 0 Å². The van der Waals surface area contributed by atoms with Gasteiger partial charge in [-0.2, -0.15) is 0 Å². The zero-order valence-corrected chi connectivity index (χ0v) is 19.9. The lowest BCUT2D eigenvalue weighted by Crippen LogP contribution is -2.25. The Hall–Kier alpha value is -1.31. The molecule has 0 saturated carbocycles. The second kappa shape index (κ2) is 17.4. The molecule has 0 aliphatic carbocycles. The van der Waals surface area contributed by atoms with Crippen LogP contribution in [0.2, 0.25) is 0 Å². The van der Waals surface area contributed by atoms with Crippen LogP contribution in [-0.4, -0.2) is 24.3 Å². The summed E-state index contributed by atoms with van der Waals surface area (Å²) < 4.78 is 0. The molecule has 0 aromatic heterocycles. The molecular formula is C28H48N2. The summed E-state index contributed by atoms with van der Waals surface area (Å²) in [5.74, 6) is 0. The third kappa shape index (κ3) is 11.2. The van der Waals surface area contributed by atoms with E-state index in [0.29, 0.717) is 6.04 Å². The molecule has 0 amide bonds. The Kier molecular flexibility index (Phi) is 14.5. The zero-order chi connectivity index (χ0) is 21.1. The van der Waals surface area contributed by atoms with Crippen molar-refractivity contribution in [2.24, 2.45) is 4.99 Å². The largest absolute Gasteiger partial charge is 0.354 e. The van der Waals surface area contributed by atoms with Gasteiger partial charge in [0, 0.05) is 6.54 Å². The summed E-state index contributed by atoms with van der Waals surface area (Å²) in [5, 5.41) is 0. The molecule has 0 spiro atoms. The van der Waals surface area contributed by atoms with Gasteiger partial charge >= 0.3 is 0 Å². The standard InChI is InChI=1S/C28H48N2/c1-2-3-4-5-6-7-8-9-10-11-12-13-14-15-16-20-23-28(30-25-24-29-26-30)27-21-18-17-19-22-27/h17-19,21-22,26,28H,2-16,20,23-25H2,1H3. The predicted molar refractivity (Wildman–Crippen MR) is 133 cm³/mol. The fraction of sp³-hybridized carbons (Fsp3) is 0.750. The van der Waals surface area contributed by atoms with Crippen molar-refractivity contribution >= 4 is 6.34 Å². The summed E-state index contributed by atoms with van der Waals surface area (Å²) in [6.07, 6.45) is 26.3. The SMILES string of the molecule is CCCCCCCCCCCCCCCCCCC(c1ccccc1)N1C=NCC1. The van der Waals surface area contributed by atoms with Crippen molar-refractivity contribution in [3.63, 3.8) is 0 Å². The Morgan fingerprint density at radius 3 is 1.67 bits per heavy atom. The smallest absolute Gasteiger partial charge is 0.0856 e. The number of benzene rings is 1. The number of hydrogen-bond acceptors (Lipinski definition) is 2. The van der Waals surface area contributed by atoms with Crippen molar-refractivity contribution in [2.45, 2.75) is 122 Å². The van der Waals surface area contributed by atoms with Crippen molar-refractivity contribution in [1.82, 2.24) is 4.90 Å². The van der Waals surface area contributed by atoms with Gasteiger partial charge in [-0.1, -0.05) is 140 Å². The number of rotatable bonds is 19. The maximum absolute atomic E-state index is 4.44. The predicted octanol–water partition coefficient (Wildman–Crippen LogP) is 8.72. The summed E-state index contributed by atoms with van der Waals surface area (Å²) in [7, 11) is 0. The molecular weight excluding hydrogens is 364 g/mol. The monoisotopic (exact) mass is 412 g/mol. The van der Waals surface area contributed by atoms with Crippen LogP contribution in [0.4, 0.5) is 0 Å². The van der Waals surface area contributed by atoms with Crippen LogP contribution in [0.1, 0.15) is 128 Å². The molecule has 2 heteroatoms. The van der Waals surface area contributed by atoms with Crippen LogP contribution in [0, 0.1) is 0 Å². The van der Waals surface area contributed by atoms with E-state index < -0.39 is 0 Å². The molecule has 1 aromatic rings. The van der Waals surface area contributed by atoms with E-state index in [1.807, 2.05) is 0 Å². The molecule has 0 N–H and O–H groups in total. The minimum Gasteiger partial charge on any atom is -0.354 e. The minimum atomic E-state index is 0.518. The van der Waals surface area contributed by atoms with E-state index in [4.69, 9.17) is 0 Å². The van der Waals surface area contributed by atoms with E-state index in [9.17, 15) is 0 Å². The molecule has 2 nitrogen and oxygen atoms in total. The molecule has 1 aliphatic rings. The Labute approximate surface area is 187 Å². The Bertz CT molecular complexity index is 525. The van der Waals surface area contributed by atoms with Gasteiger partial charge in [-0.05, 0) is 12.0 Å². The summed E-state index contributed by atoms with van der Waals surface area (Å²) in [6.45, 7) is 4.34. The summed E-state index contributed by atoms with van der Waals surface area (Å²) in [4.78, 5) is 6.88. The molecule has 2 rings (SSSR count). The topological polar surface area (TPSA) is 15.6 Å². The second-order valence-corrected chi connectivity index (χ2v) is 9.28. The maximum Gasteiger partial charge on any atom is 0.0856 e. The highest BCUT2D eigenvalue weighted by Gasteiger charge is 2.19. The first kappa shape index (κ1) is 25.0. The normalized spacial score (nSPS) is 14.5. The van der Waals surface area contributed by atoms with Crippen LogP contribution in [0.3, 0.4) is 0 Å². The quantitative estimate of drug-likeness (QED) is 0.207. The van der Waals surface area contributed by atoms with Gasteiger partial charge in [-0.25, -0.2) is 0 Å². The first-order valence-corrected chi connectivity index (χ1v) is 13.2. The van der Waals surface area contributed by atoms with Crippen molar-refractivity contribution in [3.8, 4) is 0 Å². The van der Waals surface area contributed by atoms with Crippen LogP contribution in [0.15, 0.2) is 35.3 Å². The zero-order valence-electron chi connectivity index (χ0n) is 19.9. The number of aliphatic imine (C=N–C) groups is 1. The van der Waals surface area contributed by atoms with Gasteiger partial charge < -0.3 is 4.90 Å². The third-order valence-electron chi connectivity index (χ3n) is 6.63. The molecule has 170 valence electrons. The molecule has 30 heavy (non-hydrogen) atoms. The molecule has 1 aromatic carbocycles. The maximum atomic E-state index is 4.44. The van der Waals surface area contributed by atoms with Gasteiger partial charge in [0.05, 0.1) is 18.9 Å². The van der Waals surface area contributed by atoms with Crippen LogP contribution in [0.25, 0.3) is 0 Å². The highest BCUT2D eigenvalue weighted by Crippen LogP contribution is 2.27. The second-order valence-electron chi connectivity index (χ2n) is 9.28. The van der Waals surface area contributed by atoms with Crippen molar-refractivity contribution < 1.29 is 0 Å². The van der Waals surface area contributed by atoms with E-state index >= 15 is 0 Å². The van der Waals surface area contributed by atoms with Gasteiger partial charge in [-0.3, -0.25) is 4.99 Å². The fourth-order valence-electron chi connectivity index (χ4n) is 4.71. The molecule has 1 unspecified atom stereocenters. The molecule has 0 radical (unpaired) electrons.